The SMILES string of the molecule is CC1OCCC1N1C(=O)c2ccc(N)cc2C1=O. The molecule has 5 nitrogen and oxygen atoms in total. The Bertz CT molecular complexity index is 541. The van der Waals surface area contributed by atoms with Gasteiger partial charge in [-0.2, -0.15) is 0 Å². The molecule has 2 aliphatic heterocycles. The standard InChI is InChI=1S/C13H14N2O3/c1-7-11(4-5-18-7)15-12(16)9-3-2-8(14)6-10(9)13(15)17/h2-3,6-7,11H,4-5,14H2,1H3. The van der Waals surface area contributed by atoms with E-state index in [0.29, 0.717) is 29.8 Å². The summed E-state index contributed by atoms with van der Waals surface area (Å²) in [4.78, 5) is 25.9. The number of ether oxygens (including phenoxy) is 1. The fourth-order valence-corrected chi connectivity index (χ4v) is 2.64. The third-order valence-corrected chi connectivity index (χ3v) is 3.61. The number of hydrogen-bond acceptors (Lipinski definition) is 4. The number of rotatable bonds is 1. The Hall–Kier alpha value is -1.88. The first kappa shape index (κ1) is 11.2. The molecule has 0 spiro atoms. The van der Waals surface area contributed by atoms with Gasteiger partial charge >= 0.3 is 0 Å². The first-order chi connectivity index (χ1) is 8.59. The summed E-state index contributed by atoms with van der Waals surface area (Å²) in [5, 5.41) is 0. The molecule has 2 atom stereocenters. The normalized spacial score (nSPS) is 26.8. The summed E-state index contributed by atoms with van der Waals surface area (Å²) < 4.78 is 5.43. The summed E-state index contributed by atoms with van der Waals surface area (Å²) in [6.45, 7) is 2.47. The van der Waals surface area contributed by atoms with Crippen molar-refractivity contribution in [2.75, 3.05) is 12.3 Å². The molecule has 18 heavy (non-hydrogen) atoms. The topological polar surface area (TPSA) is 72.6 Å². The van der Waals surface area contributed by atoms with Crippen molar-refractivity contribution in [2.45, 2.75) is 25.5 Å². The van der Waals surface area contributed by atoms with Gasteiger partial charge in [-0.25, -0.2) is 0 Å². The molecule has 0 aromatic heterocycles. The van der Waals surface area contributed by atoms with Gasteiger partial charge in [0.2, 0.25) is 0 Å². The molecule has 2 amide bonds. The zero-order valence-corrected chi connectivity index (χ0v) is 10.1. The van der Waals surface area contributed by atoms with Crippen molar-refractivity contribution in [2.24, 2.45) is 0 Å². The van der Waals surface area contributed by atoms with E-state index < -0.39 is 0 Å². The highest BCUT2D eigenvalue weighted by molar-refractivity contribution is 6.22. The first-order valence-corrected chi connectivity index (χ1v) is 5.98. The number of hydrogen-bond donors (Lipinski definition) is 1. The lowest BCUT2D eigenvalue weighted by Crippen LogP contribution is -2.43. The lowest BCUT2D eigenvalue weighted by molar-refractivity contribution is 0.0455. The molecule has 2 unspecified atom stereocenters. The number of benzene rings is 1. The number of amides is 2. The zero-order valence-electron chi connectivity index (χ0n) is 10.1. The fraction of sp³-hybridized carbons (Fsp3) is 0.385. The lowest BCUT2D eigenvalue weighted by atomic mass is 10.1. The number of carbonyl (C=O) groups is 2. The summed E-state index contributed by atoms with van der Waals surface area (Å²) in [5.41, 5.74) is 6.99. The molecule has 0 saturated carbocycles. The number of anilines is 1. The fourth-order valence-electron chi connectivity index (χ4n) is 2.64. The monoisotopic (exact) mass is 246 g/mol. The van der Waals surface area contributed by atoms with Crippen LogP contribution in [-0.2, 0) is 4.74 Å². The van der Waals surface area contributed by atoms with Crippen molar-refractivity contribution >= 4 is 17.5 Å². The van der Waals surface area contributed by atoms with Gasteiger partial charge < -0.3 is 10.5 Å². The molecule has 1 fully saturated rings. The summed E-state index contributed by atoms with van der Waals surface area (Å²) in [5.74, 6) is -0.498. The number of nitrogens with zero attached hydrogens (tertiary/aromatic N) is 1. The van der Waals surface area contributed by atoms with Crippen LogP contribution < -0.4 is 5.73 Å². The molecule has 0 radical (unpaired) electrons. The molecule has 1 saturated heterocycles. The molecule has 2 heterocycles. The third kappa shape index (κ3) is 1.44. The van der Waals surface area contributed by atoms with Gasteiger partial charge in [0.15, 0.2) is 0 Å². The smallest absolute Gasteiger partial charge is 0.261 e. The molecule has 5 heteroatoms. The quantitative estimate of drug-likeness (QED) is 0.593. The average molecular weight is 246 g/mol. The number of nitrogen functional groups attached to an aromatic ring is 1. The van der Waals surface area contributed by atoms with E-state index in [-0.39, 0.29) is 24.0 Å². The zero-order chi connectivity index (χ0) is 12.9. The van der Waals surface area contributed by atoms with Gasteiger partial charge in [0.1, 0.15) is 0 Å². The molecular weight excluding hydrogens is 232 g/mol. The third-order valence-electron chi connectivity index (χ3n) is 3.61. The Kier molecular flexibility index (Phi) is 2.38. The van der Waals surface area contributed by atoms with Gasteiger partial charge in [0, 0.05) is 12.3 Å². The van der Waals surface area contributed by atoms with Crippen molar-refractivity contribution in [3.8, 4) is 0 Å². The van der Waals surface area contributed by atoms with E-state index in [4.69, 9.17) is 10.5 Å². The highest BCUT2D eigenvalue weighted by Crippen LogP contribution is 2.30. The van der Waals surface area contributed by atoms with Crippen molar-refractivity contribution in [3.05, 3.63) is 29.3 Å². The van der Waals surface area contributed by atoms with Crippen molar-refractivity contribution in [1.29, 1.82) is 0 Å². The van der Waals surface area contributed by atoms with Crippen LogP contribution in [0.1, 0.15) is 34.1 Å². The molecule has 1 aromatic carbocycles. The van der Waals surface area contributed by atoms with Gasteiger partial charge in [-0.3, -0.25) is 14.5 Å². The Morgan fingerprint density at radius 1 is 1.28 bits per heavy atom. The van der Waals surface area contributed by atoms with Crippen LogP contribution in [0.5, 0.6) is 0 Å². The van der Waals surface area contributed by atoms with Gasteiger partial charge in [0.05, 0.1) is 23.3 Å². The molecule has 2 N–H and O–H groups in total. The summed E-state index contributed by atoms with van der Waals surface area (Å²) >= 11 is 0. The Morgan fingerprint density at radius 2 is 2.00 bits per heavy atom. The number of imide groups is 1. The number of carbonyl (C=O) groups excluding carboxylic acids is 2. The maximum Gasteiger partial charge on any atom is 0.261 e. The van der Waals surface area contributed by atoms with Crippen LogP contribution in [0, 0.1) is 0 Å². The molecular formula is C13H14N2O3. The first-order valence-electron chi connectivity index (χ1n) is 5.98. The lowest BCUT2D eigenvalue weighted by Gasteiger charge is -2.24. The van der Waals surface area contributed by atoms with E-state index in [0.717, 1.165) is 0 Å². The van der Waals surface area contributed by atoms with Gasteiger partial charge in [0.25, 0.3) is 11.8 Å². The molecule has 1 aromatic rings. The van der Waals surface area contributed by atoms with Crippen molar-refractivity contribution < 1.29 is 14.3 Å². The van der Waals surface area contributed by atoms with Crippen molar-refractivity contribution in [3.63, 3.8) is 0 Å². The largest absolute Gasteiger partial charge is 0.399 e. The minimum atomic E-state index is -0.260. The van der Waals surface area contributed by atoms with Crippen LogP contribution in [0.2, 0.25) is 0 Å². The minimum Gasteiger partial charge on any atom is -0.399 e. The van der Waals surface area contributed by atoms with Gasteiger partial charge in [-0.15, -0.1) is 0 Å². The average Bonchev–Trinajstić information content (AvgIpc) is 2.84. The Morgan fingerprint density at radius 3 is 2.67 bits per heavy atom. The second-order valence-corrected chi connectivity index (χ2v) is 4.72. The molecule has 3 rings (SSSR count). The van der Waals surface area contributed by atoms with Crippen LogP contribution in [0.15, 0.2) is 18.2 Å². The van der Waals surface area contributed by atoms with E-state index in [1.54, 1.807) is 18.2 Å². The second-order valence-electron chi connectivity index (χ2n) is 4.72. The van der Waals surface area contributed by atoms with E-state index in [9.17, 15) is 9.59 Å². The number of fused-ring (bicyclic) bond motifs is 1. The van der Waals surface area contributed by atoms with Crippen LogP contribution in [0.3, 0.4) is 0 Å². The highest BCUT2D eigenvalue weighted by Gasteiger charge is 2.43. The Balaban J connectivity index is 2.01. The van der Waals surface area contributed by atoms with Crippen LogP contribution in [-0.4, -0.2) is 35.5 Å². The maximum atomic E-state index is 12.3. The van der Waals surface area contributed by atoms with Crippen LogP contribution in [0.4, 0.5) is 5.69 Å². The Labute approximate surface area is 105 Å². The summed E-state index contributed by atoms with van der Waals surface area (Å²) in [6.07, 6.45) is 0.590. The van der Waals surface area contributed by atoms with E-state index in [1.807, 2.05) is 6.92 Å². The van der Waals surface area contributed by atoms with Crippen molar-refractivity contribution in [1.82, 2.24) is 4.90 Å². The van der Waals surface area contributed by atoms with Crippen LogP contribution in [0.25, 0.3) is 0 Å². The molecule has 2 aliphatic rings. The maximum absolute atomic E-state index is 12.3. The van der Waals surface area contributed by atoms with Gasteiger partial charge in [-0.1, -0.05) is 0 Å². The molecule has 0 aliphatic carbocycles. The predicted octanol–water partition coefficient (Wildman–Crippen LogP) is 1.04. The number of nitrogens with two attached hydrogens (primary N) is 1. The summed E-state index contributed by atoms with van der Waals surface area (Å²) in [7, 11) is 0. The second kappa shape index (κ2) is 3.81. The highest BCUT2D eigenvalue weighted by atomic mass is 16.5. The summed E-state index contributed by atoms with van der Waals surface area (Å²) in [6, 6.07) is 4.65. The van der Waals surface area contributed by atoms with Gasteiger partial charge in [-0.05, 0) is 31.5 Å². The van der Waals surface area contributed by atoms with E-state index in [2.05, 4.69) is 0 Å². The molecule has 94 valence electrons. The van der Waals surface area contributed by atoms with Crippen LogP contribution >= 0.6 is 0 Å². The van der Waals surface area contributed by atoms with E-state index in [1.165, 1.54) is 4.90 Å². The van der Waals surface area contributed by atoms with E-state index >= 15 is 0 Å². The predicted molar refractivity (Wildman–Crippen MR) is 65.2 cm³/mol. The minimum absolute atomic E-state index is 0.107. The molecule has 0 bridgehead atoms.